The van der Waals surface area contributed by atoms with Crippen LogP contribution in [-0.4, -0.2) is 71.4 Å². The number of carbonyl (C=O) groups is 1. The predicted octanol–water partition coefficient (Wildman–Crippen LogP) is 2.41. The summed E-state index contributed by atoms with van der Waals surface area (Å²) in [5, 5.41) is 7.76. The van der Waals surface area contributed by atoms with Crippen LogP contribution >= 0.6 is 0 Å². The summed E-state index contributed by atoms with van der Waals surface area (Å²) >= 11 is 0. The van der Waals surface area contributed by atoms with E-state index in [9.17, 15) is 13.2 Å². The zero-order chi connectivity index (χ0) is 24.6. The maximum atomic E-state index is 13.3. The summed E-state index contributed by atoms with van der Waals surface area (Å²) < 4.78 is 27.6. The minimum absolute atomic E-state index is 0.123. The highest BCUT2D eigenvalue weighted by Gasteiger charge is 2.25. The van der Waals surface area contributed by atoms with E-state index in [1.165, 1.54) is 18.4 Å². The van der Waals surface area contributed by atoms with E-state index in [4.69, 9.17) is 5.73 Å². The molecular weight excluding hydrogens is 454 g/mol. The van der Waals surface area contributed by atoms with Crippen LogP contribution in [0.1, 0.15) is 48.7 Å². The van der Waals surface area contributed by atoms with Crippen molar-refractivity contribution in [2.24, 2.45) is 5.73 Å². The number of carbonyl (C=O) groups excluding carboxylic acids is 1. The molecule has 0 unspecified atom stereocenters. The van der Waals surface area contributed by atoms with Crippen LogP contribution in [0.15, 0.2) is 41.4 Å². The highest BCUT2D eigenvalue weighted by atomic mass is 32.2. The van der Waals surface area contributed by atoms with Crippen molar-refractivity contribution < 1.29 is 13.2 Å². The first-order valence-electron chi connectivity index (χ1n) is 11.3. The van der Waals surface area contributed by atoms with Gasteiger partial charge in [0.15, 0.2) is 5.65 Å². The Kier molecular flexibility index (Phi) is 6.61. The molecule has 11 heteroatoms. The number of piperidine rings is 1. The van der Waals surface area contributed by atoms with Crippen LogP contribution in [0.5, 0.6) is 0 Å². The van der Waals surface area contributed by atoms with Gasteiger partial charge in [-0.3, -0.25) is 4.79 Å². The normalized spacial score (nSPS) is 15.4. The van der Waals surface area contributed by atoms with Crippen LogP contribution in [0.25, 0.3) is 5.65 Å². The van der Waals surface area contributed by atoms with Crippen LogP contribution in [0, 0.1) is 0 Å². The van der Waals surface area contributed by atoms with E-state index in [-0.39, 0.29) is 22.8 Å². The maximum absolute atomic E-state index is 13.3. The molecule has 1 aliphatic rings. The topological polar surface area (TPSA) is 126 Å². The molecule has 1 aromatic carbocycles. The molecule has 1 amide bonds. The summed E-state index contributed by atoms with van der Waals surface area (Å²) in [7, 11) is -0.535. The monoisotopic (exact) mass is 485 g/mol. The molecule has 4 rings (SSSR count). The zero-order valence-corrected chi connectivity index (χ0v) is 20.7. The number of anilines is 2. The summed E-state index contributed by atoms with van der Waals surface area (Å²) in [5.41, 5.74) is 8.54. The molecule has 2 aromatic heterocycles. The van der Waals surface area contributed by atoms with E-state index in [0.29, 0.717) is 35.9 Å². The zero-order valence-electron chi connectivity index (χ0n) is 19.9. The standard InChI is InChI=1S/C23H31N7O3S/c1-15(2)19-14-25-30-21(26-17-5-7-18(8-6-17)34(32,33)28(3)4)13-20(27-22(19)30)23(31)29-11-9-16(24)10-12-29/h5-8,13-16,26H,9-12,24H2,1-4H3. The van der Waals surface area contributed by atoms with Gasteiger partial charge in [-0.2, -0.15) is 9.61 Å². The lowest BCUT2D eigenvalue weighted by Gasteiger charge is -2.30. The lowest BCUT2D eigenvalue weighted by molar-refractivity contribution is 0.0709. The Morgan fingerprint density at radius 2 is 1.82 bits per heavy atom. The fourth-order valence-corrected chi connectivity index (χ4v) is 4.82. The molecule has 0 radical (unpaired) electrons. The third kappa shape index (κ3) is 4.63. The van der Waals surface area contributed by atoms with Gasteiger partial charge in [0.2, 0.25) is 10.0 Å². The number of amides is 1. The summed E-state index contributed by atoms with van der Waals surface area (Å²) in [6, 6.07) is 8.26. The van der Waals surface area contributed by atoms with Crippen LogP contribution < -0.4 is 11.1 Å². The number of aromatic nitrogens is 3. The van der Waals surface area contributed by atoms with Crippen molar-refractivity contribution in [3.8, 4) is 0 Å². The van der Waals surface area contributed by atoms with Crippen molar-refractivity contribution in [1.82, 2.24) is 23.8 Å². The van der Waals surface area contributed by atoms with E-state index in [2.05, 4.69) is 29.2 Å². The van der Waals surface area contributed by atoms with Gasteiger partial charge in [-0.05, 0) is 43.0 Å². The van der Waals surface area contributed by atoms with Crippen molar-refractivity contribution in [2.45, 2.75) is 43.5 Å². The number of rotatable bonds is 6. The van der Waals surface area contributed by atoms with Crippen molar-refractivity contribution in [3.05, 3.63) is 47.8 Å². The Morgan fingerprint density at radius 3 is 2.41 bits per heavy atom. The second-order valence-electron chi connectivity index (χ2n) is 9.08. The fraction of sp³-hybridized carbons (Fsp3) is 0.435. The van der Waals surface area contributed by atoms with E-state index in [0.717, 1.165) is 18.4 Å². The van der Waals surface area contributed by atoms with Crippen LogP contribution in [-0.2, 0) is 10.0 Å². The number of hydrogen-bond acceptors (Lipinski definition) is 7. The first kappa shape index (κ1) is 24.1. The Balaban J connectivity index is 1.71. The van der Waals surface area contributed by atoms with Crippen LogP contribution in [0.2, 0.25) is 0 Å². The maximum Gasteiger partial charge on any atom is 0.272 e. The van der Waals surface area contributed by atoms with Crippen molar-refractivity contribution >= 4 is 33.1 Å². The van der Waals surface area contributed by atoms with Gasteiger partial charge in [-0.1, -0.05) is 13.8 Å². The largest absolute Gasteiger partial charge is 0.340 e. The molecule has 34 heavy (non-hydrogen) atoms. The predicted molar refractivity (Wildman–Crippen MR) is 131 cm³/mol. The number of benzene rings is 1. The van der Waals surface area contributed by atoms with Crippen molar-refractivity contribution in [3.63, 3.8) is 0 Å². The SMILES string of the molecule is CC(C)c1cnn2c(Nc3ccc(S(=O)(=O)N(C)C)cc3)cc(C(=O)N3CCC(N)CC3)nc12. The highest BCUT2D eigenvalue weighted by molar-refractivity contribution is 7.89. The van der Waals surface area contributed by atoms with Crippen molar-refractivity contribution in [1.29, 1.82) is 0 Å². The van der Waals surface area contributed by atoms with Gasteiger partial charge >= 0.3 is 0 Å². The van der Waals surface area contributed by atoms with Crippen LogP contribution in [0.4, 0.5) is 11.5 Å². The Morgan fingerprint density at radius 1 is 1.18 bits per heavy atom. The lowest BCUT2D eigenvalue weighted by atomic mass is 10.1. The van der Waals surface area contributed by atoms with Gasteiger partial charge in [-0.15, -0.1) is 0 Å². The van der Waals surface area contributed by atoms with Crippen LogP contribution in [0.3, 0.4) is 0 Å². The third-order valence-corrected chi connectivity index (χ3v) is 7.90. The molecule has 1 fully saturated rings. The van der Waals surface area contributed by atoms with E-state index in [1.54, 1.807) is 45.9 Å². The van der Waals surface area contributed by atoms with Gasteiger partial charge in [0, 0.05) is 50.5 Å². The summed E-state index contributed by atoms with van der Waals surface area (Å²) in [5.74, 6) is 0.602. The fourth-order valence-electron chi connectivity index (χ4n) is 3.92. The number of hydrogen-bond donors (Lipinski definition) is 2. The number of nitrogens with zero attached hydrogens (tertiary/aromatic N) is 5. The molecule has 0 bridgehead atoms. The first-order chi connectivity index (χ1) is 16.1. The van der Waals surface area contributed by atoms with Gasteiger partial charge in [0.1, 0.15) is 11.5 Å². The van der Waals surface area contributed by atoms with Gasteiger partial charge in [-0.25, -0.2) is 17.7 Å². The Bertz CT molecular complexity index is 1290. The first-order valence-corrected chi connectivity index (χ1v) is 12.7. The second kappa shape index (κ2) is 9.32. The Labute approximate surface area is 199 Å². The summed E-state index contributed by atoms with van der Waals surface area (Å²) in [6.07, 6.45) is 3.30. The molecule has 0 spiro atoms. The number of likely N-dealkylation sites (tertiary alicyclic amines) is 1. The molecule has 1 saturated heterocycles. The van der Waals surface area contributed by atoms with Crippen molar-refractivity contribution in [2.75, 3.05) is 32.5 Å². The molecule has 3 heterocycles. The molecule has 10 nitrogen and oxygen atoms in total. The van der Waals surface area contributed by atoms with Gasteiger partial charge in [0.25, 0.3) is 5.91 Å². The van der Waals surface area contributed by atoms with Gasteiger partial charge in [0.05, 0.1) is 11.1 Å². The highest BCUT2D eigenvalue weighted by Crippen LogP contribution is 2.26. The van der Waals surface area contributed by atoms with E-state index >= 15 is 0 Å². The number of fused-ring (bicyclic) bond motifs is 1. The quantitative estimate of drug-likeness (QED) is 0.549. The number of nitrogens with two attached hydrogens (primary N) is 1. The molecular formula is C23H31N7O3S. The average molecular weight is 486 g/mol. The molecule has 0 atom stereocenters. The Hall–Kier alpha value is -3.02. The number of sulfonamides is 1. The minimum atomic E-state index is -3.52. The van der Waals surface area contributed by atoms with E-state index in [1.807, 2.05) is 0 Å². The third-order valence-electron chi connectivity index (χ3n) is 6.07. The lowest BCUT2D eigenvalue weighted by Crippen LogP contribution is -2.43. The number of nitrogens with one attached hydrogen (secondary N) is 1. The summed E-state index contributed by atoms with van der Waals surface area (Å²) in [6.45, 7) is 5.31. The van der Waals surface area contributed by atoms with Gasteiger partial charge < -0.3 is 16.0 Å². The minimum Gasteiger partial charge on any atom is -0.340 e. The average Bonchev–Trinajstić information content (AvgIpc) is 3.24. The molecule has 0 saturated carbocycles. The van der Waals surface area contributed by atoms with E-state index < -0.39 is 10.0 Å². The molecule has 182 valence electrons. The smallest absolute Gasteiger partial charge is 0.272 e. The molecule has 0 aliphatic carbocycles. The summed E-state index contributed by atoms with van der Waals surface area (Å²) in [4.78, 5) is 19.9. The second-order valence-corrected chi connectivity index (χ2v) is 11.2. The molecule has 1 aliphatic heterocycles. The molecule has 3 N–H and O–H groups in total. The molecule has 3 aromatic rings.